The first-order valence-corrected chi connectivity index (χ1v) is 5.01. The van der Waals surface area contributed by atoms with Crippen LogP contribution in [0, 0.1) is 0 Å². The second-order valence-electron chi connectivity index (χ2n) is 4.49. The topological polar surface area (TPSA) is 47.6 Å². The number of ether oxygens (including phenoxy) is 2. The van der Waals surface area contributed by atoms with E-state index in [9.17, 15) is 4.79 Å². The van der Waals surface area contributed by atoms with Gasteiger partial charge in [0.25, 0.3) is 0 Å². The third kappa shape index (κ3) is 4.58. The molecule has 1 heterocycles. The number of carbonyl (C=O) groups is 1. The predicted octanol–water partition coefficient (Wildman–Crippen LogP) is 0.707. The van der Waals surface area contributed by atoms with Crippen LogP contribution in [-0.2, 0) is 14.3 Å². The van der Waals surface area contributed by atoms with E-state index in [0.717, 1.165) is 13.1 Å². The number of rotatable bonds is 2. The van der Waals surface area contributed by atoms with Gasteiger partial charge in [0.15, 0.2) is 0 Å². The highest BCUT2D eigenvalue weighted by Crippen LogP contribution is 2.10. The number of nitrogens with one attached hydrogen (secondary N) is 1. The summed E-state index contributed by atoms with van der Waals surface area (Å²) < 4.78 is 10.6. The van der Waals surface area contributed by atoms with Crippen molar-refractivity contribution in [2.45, 2.75) is 38.9 Å². The van der Waals surface area contributed by atoms with Crippen LogP contribution < -0.4 is 5.32 Å². The third-order valence-corrected chi connectivity index (χ3v) is 1.82. The van der Waals surface area contributed by atoms with E-state index in [4.69, 9.17) is 9.47 Å². The predicted molar refractivity (Wildman–Crippen MR) is 53.1 cm³/mol. The van der Waals surface area contributed by atoms with Crippen molar-refractivity contribution in [3.05, 3.63) is 0 Å². The highest BCUT2D eigenvalue weighted by molar-refractivity contribution is 5.70. The van der Waals surface area contributed by atoms with Gasteiger partial charge in [-0.3, -0.25) is 4.79 Å². The maximum atomic E-state index is 11.4. The van der Waals surface area contributed by atoms with Crippen LogP contribution in [0.1, 0.15) is 27.2 Å². The van der Waals surface area contributed by atoms with Crippen LogP contribution in [0.3, 0.4) is 0 Å². The molecular formula is C10H19NO3. The Kier molecular flexibility index (Phi) is 3.89. The summed E-state index contributed by atoms with van der Waals surface area (Å²) in [7, 11) is 0. The first-order valence-electron chi connectivity index (χ1n) is 5.01. The van der Waals surface area contributed by atoms with Crippen molar-refractivity contribution in [3.8, 4) is 0 Å². The van der Waals surface area contributed by atoms with E-state index >= 15 is 0 Å². The van der Waals surface area contributed by atoms with Crippen LogP contribution in [-0.4, -0.2) is 37.4 Å². The third-order valence-electron chi connectivity index (χ3n) is 1.82. The van der Waals surface area contributed by atoms with Gasteiger partial charge in [-0.2, -0.15) is 0 Å². The number of hydrogen-bond acceptors (Lipinski definition) is 4. The number of hydrogen-bond donors (Lipinski definition) is 1. The van der Waals surface area contributed by atoms with Gasteiger partial charge in [-0.15, -0.1) is 0 Å². The minimum absolute atomic E-state index is 0.0291. The smallest absolute Gasteiger partial charge is 0.308 e. The maximum Gasteiger partial charge on any atom is 0.308 e. The zero-order valence-corrected chi connectivity index (χ0v) is 9.13. The van der Waals surface area contributed by atoms with Gasteiger partial charge in [0.2, 0.25) is 0 Å². The molecular weight excluding hydrogens is 182 g/mol. The molecule has 0 radical (unpaired) electrons. The number of morpholine rings is 1. The summed E-state index contributed by atoms with van der Waals surface area (Å²) in [6.45, 7) is 7.87. The molecule has 1 unspecified atom stereocenters. The molecule has 0 aromatic rings. The maximum absolute atomic E-state index is 11.4. The standard InChI is InChI=1S/C10H19NO3/c1-10(2,3)14-9(12)6-8-7-11-4-5-13-8/h8,11H,4-7H2,1-3H3. The van der Waals surface area contributed by atoms with Crippen LogP contribution in [0.5, 0.6) is 0 Å². The zero-order valence-electron chi connectivity index (χ0n) is 9.13. The highest BCUT2D eigenvalue weighted by atomic mass is 16.6. The van der Waals surface area contributed by atoms with E-state index in [-0.39, 0.29) is 12.1 Å². The SMILES string of the molecule is CC(C)(C)OC(=O)CC1CNCCO1. The molecule has 0 aliphatic carbocycles. The molecule has 1 saturated heterocycles. The lowest BCUT2D eigenvalue weighted by Gasteiger charge is -2.25. The average Bonchev–Trinajstić information content (AvgIpc) is 2.02. The Morgan fingerprint density at radius 3 is 2.79 bits per heavy atom. The lowest BCUT2D eigenvalue weighted by Crippen LogP contribution is -2.40. The molecule has 1 rings (SSSR count). The van der Waals surface area contributed by atoms with Crippen molar-refractivity contribution < 1.29 is 14.3 Å². The molecule has 0 amide bonds. The van der Waals surface area contributed by atoms with Gasteiger partial charge in [0.05, 0.1) is 19.1 Å². The Balaban J connectivity index is 2.25. The lowest BCUT2D eigenvalue weighted by atomic mass is 10.2. The fraction of sp³-hybridized carbons (Fsp3) is 0.900. The first kappa shape index (κ1) is 11.5. The number of esters is 1. The summed E-state index contributed by atoms with van der Waals surface area (Å²) in [5.41, 5.74) is -0.404. The molecule has 1 aliphatic heterocycles. The van der Waals surface area contributed by atoms with E-state index < -0.39 is 5.60 Å². The van der Waals surface area contributed by atoms with E-state index in [1.807, 2.05) is 20.8 Å². The Bertz CT molecular complexity index is 192. The Morgan fingerprint density at radius 1 is 1.57 bits per heavy atom. The molecule has 4 nitrogen and oxygen atoms in total. The van der Waals surface area contributed by atoms with Gasteiger partial charge >= 0.3 is 5.97 Å². The van der Waals surface area contributed by atoms with Crippen LogP contribution in [0.15, 0.2) is 0 Å². The molecule has 0 spiro atoms. The van der Waals surface area contributed by atoms with Gasteiger partial charge in [-0.05, 0) is 20.8 Å². The molecule has 1 aliphatic rings. The van der Waals surface area contributed by atoms with Crippen molar-refractivity contribution >= 4 is 5.97 Å². The van der Waals surface area contributed by atoms with Crippen molar-refractivity contribution in [1.82, 2.24) is 5.32 Å². The van der Waals surface area contributed by atoms with Gasteiger partial charge < -0.3 is 14.8 Å². The summed E-state index contributed by atoms with van der Waals surface area (Å²) in [5.74, 6) is -0.189. The molecule has 0 aromatic heterocycles. The summed E-state index contributed by atoms with van der Waals surface area (Å²) in [6.07, 6.45) is 0.308. The summed E-state index contributed by atoms with van der Waals surface area (Å²) in [4.78, 5) is 11.4. The van der Waals surface area contributed by atoms with E-state index in [1.54, 1.807) is 0 Å². The Morgan fingerprint density at radius 2 is 2.29 bits per heavy atom. The molecule has 1 fully saturated rings. The van der Waals surface area contributed by atoms with Gasteiger partial charge in [-0.1, -0.05) is 0 Å². The van der Waals surface area contributed by atoms with Gasteiger partial charge in [0.1, 0.15) is 5.60 Å². The molecule has 0 aromatic carbocycles. The second-order valence-corrected chi connectivity index (χ2v) is 4.49. The average molecular weight is 201 g/mol. The lowest BCUT2D eigenvalue weighted by molar-refractivity contribution is -0.158. The minimum atomic E-state index is -0.404. The van der Waals surface area contributed by atoms with Crippen molar-refractivity contribution in [2.75, 3.05) is 19.7 Å². The molecule has 1 atom stereocenters. The van der Waals surface area contributed by atoms with E-state index in [0.29, 0.717) is 13.0 Å². The van der Waals surface area contributed by atoms with E-state index in [2.05, 4.69) is 5.32 Å². The van der Waals surface area contributed by atoms with Gasteiger partial charge in [0, 0.05) is 13.1 Å². The zero-order chi connectivity index (χ0) is 10.6. The molecule has 4 heteroatoms. The second kappa shape index (κ2) is 4.75. The first-order chi connectivity index (χ1) is 6.47. The Labute approximate surface area is 85.0 Å². The van der Waals surface area contributed by atoms with Crippen LogP contribution in [0.25, 0.3) is 0 Å². The van der Waals surface area contributed by atoms with Crippen LogP contribution in [0.4, 0.5) is 0 Å². The van der Waals surface area contributed by atoms with E-state index in [1.165, 1.54) is 0 Å². The normalized spacial score (nSPS) is 23.2. The molecule has 82 valence electrons. The Hall–Kier alpha value is -0.610. The monoisotopic (exact) mass is 201 g/mol. The quantitative estimate of drug-likeness (QED) is 0.668. The van der Waals surface area contributed by atoms with Crippen LogP contribution >= 0.6 is 0 Å². The molecule has 14 heavy (non-hydrogen) atoms. The summed E-state index contributed by atoms with van der Waals surface area (Å²) in [5, 5.41) is 3.17. The largest absolute Gasteiger partial charge is 0.460 e. The van der Waals surface area contributed by atoms with Gasteiger partial charge in [-0.25, -0.2) is 0 Å². The van der Waals surface area contributed by atoms with Crippen molar-refractivity contribution in [3.63, 3.8) is 0 Å². The fourth-order valence-electron chi connectivity index (χ4n) is 1.32. The summed E-state index contributed by atoms with van der Waals surface area (Å²) >= 11 is 0. The van der Waals surface area contributed by atoms with Crippen LogP contribution in [0.2, 0.25) is 0 Å². The van der Waals surface area contributed by atoms with Crippen molar-refractivity contribution in [2.24, 2.45) is 0 Å². The highest BCUT2D eigenvalue weighted by Gasteiger charge is 2.22. The molecule has 1 N–H and O–H groups in total. The number of carbonyl (C=O) groups excluding carboxylic acids is 1. The molecule has 0 saturated carbocycles. The van der Waals surface area contributed by atoms with Crippen molar-refractivity contribution in [1.29, 1.82) is 0 Å². The fourth-order valence-corrected chi connectivity index (χ4v) is 1.32. The summed E-state index contributed by atoms with van der Waals surface area (Å²) in [6, 6.07) is 0. The minimum Gasteiger partial charge on any atom is -0.460 e. The molecule has 0 bridgehead atoms.